The molecule has 0 aliphatic carbocycles. The largest absolute Gasteiger partial charge is 0.493 e. The van der Waals surface area contributed by atoms with Crippen LogP contribution in [-0.4, -0.2) is 25.5 Å². The summed E-state index contributed by atoms with van der Waals surface area (Å²) in [4.78, 5) is 24.9. The second-order valence-corrected chi connectivity index (χ2v) is 8.58. The van der Waals surface area contributed by atoms with Crippen molar-refractivity contribution in [2.24, 2.45) is 0 Å². The van der Waals surface area contributed by atoms with Crippen molar-refractivity contribution in [1.29, 1.82) is 5.26 Å². The van der Waals surface area contributed by atoms with Gasteiger partial charge in [-0.15, -0.1) is 0 Å². The zero-order valence-corrected chi connectivity index (χ0v) is 21.1. The minimum atomic E-state index is -0.528. The van der Waals surface area contributed by atoms with E-state index in [0.717, 1.165) is 11.1 Å². The lowest BCUT2D eigenvalue weighted by atomic mass is 10.1. The van der Waals surface area contributed by atoms with Crippen molar-refractivity contribution in [2.75, 3.05) is 24.4 Å². The highest BCUT2D eigenvalue weighted by molar-refractivity contribution is 9.10. The molecule has 8 heteroatoms. The first-order valence-electron chi connectivity index (χ1n) is 10.7. The fourth-order valence-electron chi connectivity index (χ4n) is 3.17. The van der Waals surface area contributed by atoms with Crippen molar-refractivity contribution in [3.05, 3.63) is 87.4 Å². The quantitative estimate of drug-likeness (QED) is 0.288. The number of nitrogens with zero attached hydrogens (tertiary/aromatic N) is 1. The maximum Gasteiger partial charge on any atom is 0.266 e. The molecule has 0 spiro atoms. The van der Waals surface area contributed by atoms with Crippen LogP contribution in [0.4, 0.5) is 11.4 Å². The van der Waals surface area contributed by atoms with E-state index in [0.29, 0.717) is 32.9 Å². The number of anilines is 2. The van der Waals surface area contributed by atoms with E-state index in [9.17, 15) is 14.9 Å². The Kier molecular flexibility index (Phi) is 8.65. The van der Waals surface area contributed by atoms with Crippen LogP contribution in [0.25, 0.3) is 6.08 Å². The average molecular weight is 534 g/mol. The zero-order chi connectivity index (χ0) is 25.4. The van der Waals surface area contributed by atoms with Crippen LogP contribution in [0.5, 0.6) is 11.5 Å². The number of hydrogen-bond donors (Lipinski definition) is 2. The van der Waals surface area contributed by atoms with E-state index >= 15 is 0 Å². The molecule has 0 bridgehead atoms. The van der Waals surface area contributed by atoms with Crippen LogP contribution in [0.2, 0.25) is 0 Å². The molecule has 0 aromatic heterocycles. The molecule has 3 rings (SSSR count). The molecule has 3 aromatic rings. The van der Waals surface area contributed by atoms with E-state index in [-0.39, 0.29) is 18.1 Å². The Morgan fingerprint density at radius 3 is 2.40 bits per heavy atom. The molecule has 0 unspecified atom stereocenters. The van der Waals surface area contributed by atoms with E-state index in [1.54, 1.807) is 30.3 Å². The Morgan fingerprint density at radius 1 is 1.00 bits per heavy atom. The molecule has 0 saturated carbocycles. The van der Waals surface area contributed by atoms with Gasteiger partial charge in [0.15, 0.2) is 18.1 Å². The smallest absolute Gasteiger partial charge is 0.266 e. The second-order valence-electron chi connectivity index (χ2n) is 7.73. The van der Waals surface area contributed by atoms with Crippen LogP contribution < -0.4 is 20.1 Å². The highest BCUT2D eigenvalue weighted by atomic mass is 79.9. The van der Waals surface area contributed by atoms with Gasteiger partial charge in [0.1, 0.15) is 11.6 Å². The number of ether oxygens (including phenoxy) is 2. The minimum absolute atomic E-state index is 0.0780. The molecule has 2 N–H and O–H groups in total. The number of nitrogens with one attached hydrogen (secondary N) is 2. The average Bonchev–Trinajstić information content (AvgIpc) is 2.82. The van der Waals surface area contributed by atoms with Gasteiger partial charge in [-0.1, -0.05) is 29.8 Å². The van der Waals surface area contributed by atoms with Gasteiger partial charge in [-0.2, -0.15) is 5.26 Å². The van der Waals surface area contributed by atoms with Crippen LogP contribution in [0.3, 0.4) is 0 Å². The molecular formula is C27H24BrN3O4. The summed E-state index contributed by atoms with van der Waals surface area (Å²) in [6.45, 7) is 3.65. The lowest BCUT2D eigenvalue weighted by Crippen LogP contribution is -2.20. The third-order valence-corrected chi connectivity index (χ3v) is 5.48. The number of amides is 2. The van der Waals surface area contributed by atoms with Gasteiger partial charge in [-0.25, -0.2) is 0 Å². The normalized spacial score (nSPS) is 10.8. The van der Waals surface area contributed by atoms with Crippen LogP contribution in [0.15, 0.2) is 70.7 Å². The molecule has 35 heavy (non-hydrogen) atoms. The van der Waals surface area contributed by atoms with Crippen LogP contribution in [-0.2, 0) is 9.59 Å². The Morgan fingerprint density at radius 2 is 1.74 bits per heavy atom. The van der Waals surface area contributed by atoms with Crippen molar-refractivity contribution in [2.45, 2.75) is 13.8 Å². The van der Waals surface area contributed by atoms with E-state index < -0.39 is 5.91 Å². The summed E-state index contributed by atoms with van der Waals surface area (Å²) < 4.78 is 11.6. The van der Waals surface area contributed by atoms with Crippen molar-refractivity contribution in [3.8, 4) is 17.6 Å². The molecule has 0 aliphatic rings. The molecule has 178 valence electrons. The fraction of sp³-hybridized carbons (Fsp3) is 0.148. The third kappa shape index (κ3) is 7.19. The van der Waals surface area contributed by atoms with Crippen molar-refractivity contribution in [3.63, 3.8) is 0 Å². The topological polar surface area (TPSA) is 100 Å². The first kappa shape index (κ1) is 25.5. The van der Waals surface area contributed by atoms with E-state index in [1.165, 1.54) is 13.2 Å². The summed E-state index contributed by atoms with van der Waals surface area (Å²) in [6.07, 6.45) is 1.45. The van der Waals surface area contributed by atoms with E-state index in [4.69, 9.17) is 9.47 Å². The van der Waals surface area contributed by atoms with Gasteiger partial charge in [0.25, 0.3) is 11.8 Å². The third-order valence-electron chi connectivity index (χ3n) is 4.89. The molecule has 0 saturated heterocycles. The van der Waals surface area contributed by atoms with Gasteiger partial charge >= 0.3 is 0 Å². The summed E-state index contributed by atoms with van der Waals surface area (Å²) >= 11 is 3.43. The first-order chi connectivity index (χ1) is 16.8. The van der Waals surface area contributed by atoms with Gasteiger partial charge in [-0.3, -0.25) is 9.59 Å². The highest BCUT2D eigenvalue weighted by Crippen LogP contribution is 2.37. The molecule has 3 aromatic carbocycles. The fourth-order valence-corrected chi connectivity index (χ4v) is 3.75. The zero-order valence-electron chi connectivity index (χ0n) is 19.5. The first-order valence-corrected chi connectivity index (χ1v) is 11.4. The standard InChI is InChI=1S/C27H24BrN3O4/c1-17-7-9-21(10-8-17)31-27(33)20(15-29)12-19-13-23(28)26(24(14-19)34-3)35-16-25(32)30-22-6-4-5-18(2)11-22/h4-14H,16H2,1-3H3,(H,30,32)(H,31,33)/b20-12+. The number of halogens is 1. The summed E-state index contributed by atoms with van der Waals surface area (Å²) in [5.74, 6) is -0.190. The van der Waals surface area contributed by atoms with Crippen LogP contribution in [0.1, 0.15) is 16.7 Å². The molecule has 7 nitrogen and oxygen atoms in total. The molecule has 0 radical (unpaired) electrons. The van der Waals surface area contributed by atoms with Crippen molar-refractivity contribution < 1.29 is 19.1 Å². The molecule has 2 amide bonds. The van der Waals surface area contributed by atoms with Gasteiger partial charge in [0.05, 0.1) is 11.6 Å². The van der Waals surface area contributed by atoms with Gasteiger partial charge < -0.3 is 20.1 Å². The number of carbonyl (C=O) groups excluding carboxylic acids is 2. The lowest BCUT2D eigenvalue weighted by molar-refractivity contribution is -0.118. The summed E-state index contributed by atoms with van der Waals surface area (Å²) in [7, 11) is 1.46. The predicted octanol–water partition coefficient (Wildman–Crippen LogP) is 5.64. The maximum absolute atomic E-state index is 12.6. The predicted molar refractivity (Wildman–Crippen MR) is 139 cm³/mol. The summed E-state index contributed by atoms with van der Waals surface area (Å²) in [5, 5.41) is 15.0. The monoisotopic (exact) mass is 533 g/mol. The number of nitriles is 1. The second kappa shape index (κ2) is 11.9. The Hall–Kier alpha value is -4.09. The van der Waals surface area contributed by atoms with E-state index in [2.05, 4.69) is 26.6 Å². The number of benzene rings is 3. The van der Waals surface area contributed by atoms with Gasteiger partial charge in [-0.05, 0) is 83.4 Å². The molecular weight excluding hydrogens is 510 g/mol. The highest BCUT2D eigenvalue weighted by Gasteiger charge is 2.15. The molecule has 0 heterocycles. The maximum atomic E-state index is 12.6. The number of aryl methyl sites for hydroxylation is 2. The molecule has 0 aliphatic heterocycles. The SMILES string of the molecule is COc1cc(/C=C(\C#N)C(=O)Nc2ccc(C)cc2)cc(Br)c1OCC(=O)Nc1cccc(C)c1. The number of carbonyl (C=O) groups is 2. The molecule has 0 fully saturated rings. The number of methoxy groups -OCH3 is 1. The minimum Gasteiger partial charge on any atom is -0.493 e. The van der Waals surface area contributed by atoms with Crippen LogP contribution >= 0.6 is 15.9 Å². The molecule has 0 atom stereocenters. The summed E-state index contributed by atoms with van der Waals surface area (Å²) in [5.41, 5.74) is 3.82. The van der Waals surface area contributed by atoms with Crippen molar-refractivity contribution >= 4 is 45.2 Å². The van der Waals surface area contributed by atoms with Crippen LogP contribution in [0, 0.1) is 25.2 Å². The lowest BCUT2D eigenvalue weighted by Gasteiger charge is -2.14. The summed E-state index contributed by atoms with van der Waals surface area (Å²) in [6, 6.07) is 19.9. The number of rotatable bonds is 8. The Balaban J connectivity index is 1.73. The van der Waals surface area contributed by atoms with Gasteiger partial charge in [0.2, 0.25) is 0 Å². The van der Waals surface area contributed by atoms with E-state index in [1.807, 2.05) is 50.2 Å². The Labute approximate surface area is 212 Å². The Bertz CT molecular complexity index is 1310. The van der Waals surface area contributed by atoms with Gasteiger partial charge in [0, 0.05) is 11.4 Å². The number of hydrogen-bond acceptors (Lipinski definition) is 5. The van der Waals surface area contributed by atoms with Crippen molar-refractivity contribution in [1.82, 2.24) is 0 Å².